The van der Waals surface area contributed by atoms with Crippen LogP contribution in [-0.2, 0) is 4.79 Å². The summed E-state index contributed by atoms with van der Waals surface area (Å²) in [4.78, 5) is 38.3. The normalized spacial score (nSPS) is 12.1. The van der Waals surface area contributed by atoms with E-state index in [0.717, 1.165) is 18.9 Å². The molecule has 1 amide bonds. The lowest BCUT2D eigenvalue weighted by atomic mass is 9.82. The number of rotatable bonds is 8. The van der Waals surface area contributed by atoms with Crippen molar-refractivity contribution >= 4 is 23.2 Å². The molecule has 0 bridgehead atoms. The van der Waals surface area contributed by atoms with Gasteiger partial charge in [-0.2, -0.15) is 0 Å². The van der Waals surface area contributed by atoms with Crippen LogP contribution in [0.4, 0.5) is 5.69 Å². The molecule has 0 atom stereocenters. The summed E-state index contributed by atoms with van der Waals surface area (Å²) in [5.74, 6) is -0.407. The van der Waals surface area contributed by atoms with Crippen LogP contribution in [0.25, 0.3) is 0 Å². The van der Waals surface area contributed by atoms with Crippen molar-refractivity contribution in [3.8, 4) is 11.5 Å². The predicted octanol–water partition coefficient (Wildman–Crippen LogP) is 4.16. The van der Waals surface area contributed by atoms with Crippen LogP contribution in [0.1, 0.15) is 58.5 Å². The number of ketones is 2. The van der Waals surface area contributed by atoms with Crippen molar-refractivity contribution < 1.29 is 23.9 Å². The molecule has 1 aliphatic carbocycles. The van der Waals surface area contributed by atoms with Crippen molar-refractivity contribution in [1.82, 2.24) is 0 Å². The molecule has 0 spiro atoms. The van der Waals surface area contributed by atoms with E-state index in [1.54, 1.807) is 24.3 Å². The number of hydrogen-bond donors (Lipinski definition) is 1. The van der Waals surface area contributed by atoms with Gasteiger partial charge in [0, 0.05) is 22.9 Å². The molecule has 2 aromatic rings. The number of carbonyl (C=O) groups is 3. The average Bonchev–Trinajstić information content (AvgIpc) is 2.73. The number of ether oxygens (including phenoxy) is 2. The fourth-order valence-electron chi connectivity index (χ4n) is 3.18. The second kappa shape index (κ2) is 8.73. The van der Waals surface area contributed by atoms with E-state index in [1.807, 2.05) is 13.8 Å². The summed E-state index contributed by atoms with van der Waals surface area (Å²) < 4.78 is 11.5. The van der Waals surface area contributed by atoms with Crippen molar-refractivity contribution in [2.45, 2.75) is 26.7 Å². The molecular weight excluding hydrogens is 370 g/mol. The van der Waals surface area contributed by atoms with Crippen LogP contribution in [-0.4, -0.2) is 30.7 Å². The topological polar surface area (TPSA) is 81.7 Å². The summed E-state index contributed by atoms with van der Waals surface area (Å²) in [6, 6.07) is 8.05. The highest BCUT2D eigenvalue weighted by molar-refractivity contribution is 6.30. The Morgan fingerprint density at radius 2 is 1.62 bits per heavy atom. The van der Waals surface area contributed by atoms with Crippen LogP contribution >= 0.6 is 0 Å². The van der Waals surface area contributed by atoms with Gasteiger partial charge in [-0.15, -0.1) is 0 Å². The largest absolute Gasteiger partial charge is 0.493 e. The lowest BCUT2D eigenvalue weighted by molar-refractivity contribution is -0.111. The first-order valence-corrected chi connectivity index (χ1v) is 9.61. The Morgan fingerprint density at radius 3 is 2.28 bits per heavy atom. The SMILES string of the molecule is C=CC(=O)Nc1cc(OCCC)c2c(c1)C(=O)c1cccc(OCCC)c1C2=O. The standard InChI is InChI=1S/C23H23NO5/c1-4-10-28-17-9-7-8-15-20(17)23(27)21-16(22(15)26)12-14(24-19(25)6-3)13-18(21)29-11-5-2/h6-9,12-13H,3-5,10-11H2,1-2H3,(H,24,25). The minimum absolute atomic E-state index is 0.195. The fraction of sp³-hybridized carbons (Fsp3) is 0.261. The van der Waals surface area contributed by atoms with E-state index in [4.69, 9.17) is 9.47 Å². The summed E-state index contributed by atoms with van der Waals surface area (Å²) in [6.07, 6.45) is 2.63. The molecule has 29 heavy (non-hydrogen) atoms. The summed E-state index contributed by atoms with van der Waals surface area (Å²) >= 11 is 0. The first kappa shape index (κ1) is 20.3. The Balaban J connectivity index is 2.16. The Hall–Kier alpha value is -3.41. The lowest BCUT2D eigenvalue weighted by Crippen LogP contribution is -2.24. The van der Waals surface area contributed by atoms with Gasteiger partial charge < -0.3 is 14.8 Å². The number of hydrogen-bond acceptors (Lipinski definition) is 5. The highest BCUT2D eigenvalue weighted by Gasteiger charge is 2.35. The first-order valence-electron chi connectivity index (χ1n) is 9.61. The van der Waals surface area contributed by atoms with E-state index < -0.39 is 5.91 Å². The maximum absolute atomic E-state index is 13.4. The first-order chi connectivity index (χ1) is 14.0. The van der Waals surface area contributed by atoms with Gasteiger partial charge >= 0.3 is 0 Å². The van der Waals surface area contributed by atoms with Gasteiger partial charge in [-0.25, -0.2) is 0 Å². The Labute approximate surface area is 169 Å². The molecule has 0 saturated carbocycles. The molecule has 1 N–H and O–H groups in total. The Morgan fingerprint density at radius 1 is 0.966 bits per heavy atom. The van der Waals surface area contributed by atoms with Gasteiger partial charge in [0.2, 0.25) is 11.7 Å². The van der Waals surface area contributed by atoms with Crippen LogP contribution < -0.4 is 14.8 Å². The summed E-state index contributed by atoms with van der Waals surface area (Å²) in [5, 5.41) is 2.63. The monoisotopic (exact) mass is 393 g/mol. The van der Waals surface area contributed by atoms with Gasteiger partial charge in [0.05, 0.1) is 24.3 Å². The van der Waals surface area contributed by atoms with E-state index in [2.05, 4.69) is 11.9 Å². The maximum Gasteiger partial charge on any atom is 0.247 e. The lowest BCUT2D eigenvalue weighted by Gasteiger charge is -2.23. The van der Waals surface area contributed by atoms with Gasteiger partial charge in [-0.05, 0) is 31.1 Å². The zero-order valence-corrected chi connectivity index (χ0v) is 16.5. The molecule has 0 radical (unpaired) electrons. The molecule has 0 fully saturated rings. The zero-order chi connectivity index (χ0) is 21.0. The molecule has 0 saturated heterocycles. The molecule has 1 aliphatic rings. The van der Waals surface area contributed by atoms with Crippen molar-refractivity contribution in [1.29, 1.82) is 0 Å². The molecule has 0 unspecified atom stereocenters. The third kappa shape index (κ3) is 3.92. The molecular formula is C23H23NO5. The van der Waals surface area contributed by atoms with Crippen molar-refractivity contribution in [2.75, 3.05) is 18.5 Å². The third-order valence-corrected chi connectivity index (χ3v) is 4.45. The van der Waals surface area contributed by atoms with Gasteiger partial charge in [0.1, 0.15) is 11.5 Å². The number of anilines is 1. The van der Waals surface area contributed by atoms with E-state index >= 15 is 0 Å². The quantitative estimate of drug-likeness (QED) is 0.581. The zero-order valence-electron chi connectivity index (χ0n) is 16.5. The van der Waals surface area contributed by atoms with Crippen molar-refractivity contribution in [3.63, 3.8) is 0 Å². The second-order valence-corrected chi connectivity index (χ2v) is 6.62. The molecule has 0 aliphatic heterocycles. The van der Waals surface area contributed by atoms with Crippen LogP contribution in [0.2, 0.25) is 0 Å². The number of amides is 1. The molecule has 3 rings (SSSR count). The third-order valence-electron chi connectivity index (χ3n) is 4.45. The van der Waals surface area contributed by atoms with Gasteiger partial charge in [-0.3, -0.25) is 14.4 Å². The van der Waals surface area contributed by atoms with Crippen LogP contribution in [0, 0.1) is 0 Å². The molecule has 6 heteroatoms. The second-order valence-electron chi connectivity index (χ2n) is 6.62. The van der Waals surface area contributed by atoms with Gasteiger partial charge in [0.25, 0.3) is 0 Å². The highest BCUT2D eigenvalue weighted by Crippen LogP contribution is 2.39. The summed E-state index contributed by atoms with van der Waals surface area (Å²) in [6.45, 7) is 8.14. The fourth-order valence-corrected chi connectivity index (χ4v) is 3.18. The van der Waals surface area contributed by atoms with Crippen LogP contribution in [0.3, 0.4) is 0 Å². The highest BCUT2D eigenvalue weighted by atomic mass is 16.5. The molecule has 0 aromatic heterocycles. The van der Waals surface area contributed by atoms with E-state index in [-0.39, 0.29) is 39.6 Å². The minimum atomic E-state index is -0.420. The molecule has 150 valence electrons. The maximum atomic E-state index is 13.4. The van der Waals surface area contributed by atoms with Gasteiger partial charge in [-0.1, -0.05) is 32.6 Å². The smallest absolute Gasteiger partial charge is 0.247 e. The Kier molecular flexibility index (Phi) is 6.12. The van der Waals surface area contributed by atoms with Gasteiger partial charge in [0.15, 0.2) is 5.78 Å². The van der Waals surface area contributed by atoms with E-state index in [1.165, 1.54) is 6.07 Å². The number of nitrogens with one attached hydrogen (secondary N) is 1. The minimum Gasteiger partial charge on any atom is -0.493 e. The summed E-state index contributed by atoms with van der Waals surface area (Å²) in [7, 11) is 0. The van der Waals surface area contributed by atoms with Crippen molar-refractivity contribution in [2.24, 2.45) is 0 Å². The summed E-state index contributed by atoms with van der Waals surface area (Å²) in [5.41, 5.74) is 1.29. The van der Waals surface area contributed by atoms with E-state index in [0.29, 0.717) is 24.7 Å². The predicted molar refractivity (Wildman–Crippen MR) is 110 cm³/mol. The Bertz CT molecular complexity index is 993. The van der Waals surface area contributed by atoms with E-state index in [9.17, 15) is 14.4 Å². The van der Waals surface area contributed by atoms with Crippen molar-refractivity contribution in [3.05, 3.63) is 65.2 Å². The average molecular weight is 393 g/mol. The molecule has 0 heterocycles. The molecule has 6 nitrogen and oxygen atoms in total. The molecule has 2 aromatic carbocycles. The number of carbonyl (C=O) groups excluding carboxylic acids is 3. The number of benzene rings is 2. The van der Waals surface area contributed by atoms with Crippen LogP contribution in [0.15, 0.2) is 43.0 Å². The number of fused-ring (bicyclic) bond motifs is 2. The van der Waals surface area contributed by atoms with Crippen LogP contribution in [0.5, 0.6) is 11.5 Å².